The Kier molecular flexibility index (Phi) is 5.65. The molecule has 0 unspecified atom stereocenters. The highest BCUT2D eigenvalue weighted by molar-refractivity contribution is 5.94. The molecule has 4 heterocycles. The van der Waals surface area contributed by atoms with Crippen LogP contribution in [0.25, 0.3) is 0 Å². The van der Waals surface area contributed by atoms with Crippen LogP contribution in [0.3, 0.4) is 0 Å². The van der Waals surface area contributed by atoms with Gasteiger partial charge < -0.3 is 9.64 Å². The Balaban J connectivity index is 1.42. The quantitative estimate of drug-likeness (QED) is 0.751. The summed E-state index contributed by atoms with van der Waals surface area (Å²) in [6.07, 6.45) is 8.42. The Labute approximate surface area is 183 Å². The van der Waals surface area contributed by atoms with Gasteiger partial charge >= 0.3 is 0 Å². The summed E-state index contributed by atoms with van der Waals surface area (Å²) in [5.74, 6) is 1.02. The number of benzene rings is 1. The maximum atomic E-state index is 14.3. The number of nitrogens with zero attached hydrogens (tertiary/aromatic N) is 3. The van der Waals surface area contributed by atoms with E-state index in [4.69, 9.17) is 4.74 Å². The zero-order valence-corrected chi connectivity index (χ0v) is 18.0. The molecule has 3 aliphatic heterocycles. The number of methoxy groups -OCH3 is 1. The molecule has 5 rings (SSSR count). The number of carbonyl (C=O) groups excluding carboxylic acids is 1. The molecule has 3 fully saturated rings. The van der Waals surface area contributed by atoms with Gasteiger partial charge in [0.2, 0.25) is 0 Å². The van der Waals surface area contributed by atoms with Gasteiger partial charge in [0.05, 0.1) is 18.9 Å². The van der Waals surface area contributed by atoms with Gasteiger partial charge in [0.15, 0.2) is 5.82 Å². The number of likely N-dealkylation sites (tertiary alicyclic amines) is 1. The highest BCUT2D eigenvalue weighted by atomic mass is 19.1. The summed E-state index contributed by atoms with van der Waals surface area (Å²) in [6.45, 7) is 2.55. The van der Waals surface area contributed by atoms with Crippen molar-refractivity contribution in [3.8, 4) is 5.75 Å². The van der Waals surface area contributed by atoms with Crippen molar-refractivity contribution in [1.82, 2.24) is 14.8 Å². The predicted molar refractivity (Wildman–Crippen MR) is 117 cm³/mol. The van der Waals surface area contributed by atoms with Crippen LogP contribution in [0.1, 0.15) is 41.6 Å². The second-order valence-corrected chi connectivity index (χ2v) is 9.25. The Hall–Kier alpha value is -2.47. The SMILES string of the molecule is COc1cccc(C[C@H]2[C@H]3C[C@H](CN(C(=O)c4ccncc4F)C3)[C@@H]3CCCCN32)c1. The third kappa shape index (κ3) is 3.93. The van der Waals surface area contributed by atoms with Gasteiger partial charge in [-0.3, -0.25) is 14.7 Å². The van der Waals surface area contributed by atoms with Crippen LogP contribution in [0.15, 0.2) is 42.7 Å². The Morgan fingerprint density at radius 2 is 2.10 bits per heavy atom. The predicted octanol–water partition coefficient (Wildman–Crippen LogP) is 3.79. The minimum atomic E-state index is -0.532. The molecule has 3 aliphatic rings. The van der Waals surface area contributed by atoms with E-state index in [9.17, 15) is 9.18 Å². The van der Waals surface area contributed by atoms with Crippen LogP contribution in [0.4, 0.5) is 4.39 Å². The van der Waals surface area contributed by atoms with Gasteiger partial charge in [-0.15, -0.1) is 0 Å². The molecule has 1 aromatic carbocycles. The fourth-order valence-electron chi connectivity index (χ4n) is 6.11. The molecule has 1 aromatic heterocycles. The number of hydrogen-bond donors (Lipinski definition) is 0. The van der Waals surface area contributed by atoms with Gasteiger partial charge in [0.25, 0.3) is 5.91 Å². The summed E-state index contributed by atoms with van der Waals surface area (Å²) in [5, 5.41) is 0. The number of fused-ring (bicyclic) bond motifs is 4. The number of amides is 1. The lowest BCUT2D eigenvalue weighted by atomic mass is 9.71. The van der Waals surface area contributed by atoms with Crippen LogP contribution in [0, 0.1) is 17.7 Å². The van der Waals surface area contributed by atoms with E-state index >= 15 is 0 Å². The topological polar surface area (TPSA) is 45.7 Å². The lowest BCUT2D eigenvalue weighted by molar-refractivity contribution is -0.0643. The maximum absolute atomic E-state index is 14.3. The molecule has 6 heteroatoms. The number of halogens is 1. The summed E-state index contributed by atoms with van der Waals surface area (Å²) < 4.78 is 19.7. The van der Waals surface area contributed by atoms with E-state index in [0.29, 0.717) is 30.5 Å². The minimum absolute atomic E-state index is 0.139. The van der Waals surface area contributed by atoms with E-state index in [1.807, 2.05) is 11.0 Å². The first-order valence-corrected chi connectivity index (χ1v) is 11.4. The van der Waals surface area contributed by atoms with Gasteiger partial charge in [-0.1, -0.05) is 18.6 Å². The fourth-order valence-corrected chi connectivity index (χ4v) is 6.11. The van der Waals surface area contributed by atoms with Crippen LogP contribution >= 0.6 is 0 Å². The largest absolute Gasteiger partial charge is 0.497 e. The first-order chi connectivity index (χ1) is 15.1. The van der Waals surface area contributed by atoms with Gasteiger partial charge in [0, 0.05) is 31.4 Å². The van der Waals surface area contributed by atoms with E-state index in [-0.39, 0.29) is 11.5 Å². The van der Waals surface area contributed by atoms with E-state index in [0.717, 1.165) is 37.9 Å². The first kappa shape index (κ1) is 20.4. The van der Waals surface area contributed by atoms with E-state index in [1.54, 1.807) is 7.11 Å². The zero-order chi connectivity index (χ0) is 21.4. The number of aromatic nitrogens is 1. The molecule has 0 saturated carbocycles. The monoisotopic (exact) mass is 423 g/mol. The third-order valence-corrected chi connectivity index (χ3v) is 7.49. The summed E-state index contributed by atoms with van der Waals surface area (Å²) in [7, 11) is 1.70. The lowest BCUT2D eigenvalue weighted by Crippen LogP contribution is -2.64. The summed E-state index contributed by atoms with van der Waals surface area (Å²) in [4.78, 5) is 21.6. The van der Waals surface area contributed by atoms with Gasteiger partial charge in [-0.25, -0.2) is 4.39 Å². The average molecular weight is 424 g/mol. The first-order valence-electron chi connectivity index (χ1n) is 11.4. The van der Waals surface area contributed by atoms with E-state index in [2.05, 4.69) is 28.1 Å². The van der Waals surface area contributed by atoms with E-state index in [1.165, 1.54) is 37.1 Å². The normalized spacial score (nSPS) is 28.1. The molecule has 3 saturated heterocycles. The molecule has 0 N–H and O–H groups in total. The van der Waals surface area contributed by atoms with Crippen molar-refractivity contribution in [2.24, 2.45) is 11.8 Å². The Bertz CT molecular complexity index is 952. The van der Waals surface area contributed by atoms with Crippen LogP contribution in [-0.2, 0) is 6.42 Å². The lowest BCUT2D eigenvalue weighted by Gasteiger charge is -2.57. The van der Waals surface area contributed by atoms with Crippen LogP contribution < -0.4 is 4.74 Å². The van der Waals surface area contributed by atoms with Gasteiger partial charge in [-0.2, -0.15) is 0 Å². The third-order valence-electron chi connectivity index (χ3n) is 7.49. The average Bonchev–Trinajstić information content (AvgIpc) is 2.81. The number of hydrogen-bond acceptors (Lipinski definition) is 4. The molecule has 1 amide bonds. The smallest absolute Gasteiger partial charge is 0.256 e. The number of ether oxygens (including phenoxy) is 1. The zero-order valence-electron chi connectivity index (χ0n) is 18.0. The van der Waals surface area contributed by atoms with Gasteiger partial charge in [-0.05, 0) is 67.8 Å². The molecule has 0 spiro atoms. The van der Waals surface area contributed by atoms with Crippen molar-refractivity contribution in [2.75, 3.05) is 26.7 Å². The Morgan fingerprint density at radius 3 is 2.94 bits per heavy atom. The molecule has 2 aromatic rings. The molecular weight excluding hydrogens is 393 g/mol. The molecular formula is C25H30FN3O2. The van der Waals surface area contributed by atoms with Crippen LogP contribution in [0.5, 0.6) is 5.75 Å². The molecule has 2 bridgehead atoms. The second-order valence-electron chi connectivity index (χ2n) is 9.25. The summed E-state index contributed by atoms with van der Waals surface area (Å²) >= 11 is 0. The number of pyridine rings is 1. The molecule has 4 atom stereocenters. The number of piperidine rings is 3. The number of rotatable bonds is 4. The molecule has 164 valence electrons. The second kappa shape index (κ2) is 8.58. The van der Waals surface area contributed by atoms with Crippen molar-refractivity contribution >= 4 is 5.91 Å². The molecule has 0 radical (unpaired) electrons. The number of carbonyl (C=O) groups is 1. The van der Waals surface area contributed by atoms with Gasteiger partial charge in [0.1, 0.15) is 5.75 Å². The maximum Gasteiger partial charge on any atom is 0.256 e. The van der Waals surface area contributed by atoms with Crippen molar-refractivity contribution < 1.29 is 13.9 Å². The van der Waals surface area contributed by atoms with Crippen LogP contribution in [-0.4, -0.2) is 59.5 Å². The minimum Gasteiger partial charge on any atom is -0.497 e. The summed E-state index contributed by atoms with van der Waals surface area (Å²) in [6, 6.07) is 10.7. The fraction of sp³-hybridized carbons (Fsp3) is 0.520. The van der Waals surface area contributed by atoms with Crippen LogP contribution in [0.2, 0.25) is 0 Å². The molecule has 0 aliphatic carbocycles. The molecule has 31 heavy (non-hydrogen) atoms. The highest BCUT2D eigenvalue weighted by Gasteiger charge is 2.48. The van der Waals surface area contributed by atoms with Crippen molar-refractivity contribution in [3.63, 3.8) is 0 Å². The van der Waals surface area contributed by atoms with Crippen molar-refractivity contribution in [3.05, 3.63) is 59.7 Å². The summed E-state index contributed by atoms with van der Waals surface area (Å²) in [5.41, 5.74) is 1.41. The highest BCUT2D eigenvalue weighted by Crippen LogP contribution is 2.42. The van der Waals surface area contributed by atoms with Crippen molar-refractivity contribution in [1.29, 1.82) is 0 Å². The Morgan fingerprint density at radius 1 is 1.23 bits per heavy atom. The van der Waals surface area contributed by atoms with Crippen molar-refractivity contribution in [2.45, 2.75) is 44.2 Å². The molecule has 5 nitrogen and oxygen atoms in total. The van der Waals surface area contributed by atoms with E-state index < -0.39 is 5.82 Å². The standard InChI is InChI=1S/C25H30FN3O2/c1-31-20-6-4-5-17(11-20)12-24-19-13-18(23-7-2-3-10-29(23)24)15-28(16-19)25(30)21-8-9-27-14-22(21)26/h4-6,8-9,11,14,18-19,23-24H,2-3,7,10,12-13,15-16H2,1H3/t18-,19+,23+,24+/m1/s1.